The summed E-state index contributed by atoms with van der Waals surface area (Å²) >= 11 is 0. The van der Waals surface area contributed by atoms with Gasteiger partial charge in [-0.05, 0) is 50.3 Å². The van der Waals surface area contributed by atoms with E-state index in [2.05, 4.69) is 10.2 Å². The Labute approximate surface area is 144 Å². The van der Waals surface area contributed by atoms with Crippen molar-refractivity contribution < 1.29 is 14.3 Å². The second-order valence-electron chi connectivity index (χ2n) is 6.84. The zero-order chi connectivity index (χ0) is 16.9. The van der Waals surface area contributed by atoms with Crippen molar-refractivity contribution in [2.75, 3.05) is 32.6 Å². The third kappa shape index (κ3) is 3.83. The highest BCUT2D eigenvalue weighted by Gasteiger charge is 2.33. The Morgan fingerprint density at radius 3 is 2.75 bits per heavy atom. The van der Waals surface area contributed by atoms with Gasteiger partial charge in [0.05, 0.1) is 26.5 Å². The Morgan fingerprint density at radius 2 is 1.96 bits per heavy atom. The van der Waals surface area contributed by atoms with Gasteiger partial charge >= 0.3 is 0 Å². The van der Waals surface area contributed by atoms with Gasteiger partial charge in [-0.1, -0.05) is 12.8 Å². The third-order valence-corrected chi connectivity index (χ3v) is 5.39. The fourth-order valence-electron chi connectivity index (χ4n) is 4.20. The van der Waals surface area contributed by atoms with Crippen molar-refractivity contribution >= 4 is 11.6 Å². The summed E-state index contributed by atoms with van der Waals surface area (Å²) in [5.74, 6) is 2.16. The summed E-state index contributed by atoms with van der Waals surface area (Å²) in [5, 5.41) is 2.99. The summed E-state index contributed by atoms with van der Waals surface area (Å²) in [5.41, 5.74) is 0.695. The zero-order valence-corrected chi connectivity index (χ0v) is 14.7. The predicted molar refractivity (Wildman–Crippen MR) is 94.7 cm³/mol. The Bertz CT molecular complexity index is 574. The molecular weight excluding hydrogens is 304 g/mol. The van der Waals surface area contributed by atoms with Gasteiger partial charge in [0, 0.05) is 12.1 Å². The van der Waals surface area contributed by atoms with Crippen molar-refractivity contribution in [1.82, 2.24) is 4.90 Å². The summed E-state index contributed by atoms with van der Waals surface area (Å²) in [6, 6.07) is 6.04. The van der Waals surface area contributed by atoms with Crippen LogP contribution in [-0.4, -0.2) is 44.2 Å². The van der Waals surface area contributed by atoms with Crippen LogP contribution in [0.15, 0.2) is 18.2 Å². The van der Waals surface area contributed by atoms with Gasteiger partial charge in [-0.2, -0.15) is 0 Å². The van der Waals surface area contributed by atoms with E-state index in [1.807, 2.05) is 12.1 Å². The molecular formula is C19H28N2O3. The molecule has 3 rings (SSSR count). The molecule has 2 fully saturated rings. The van der Waals surface area contributed by atoms with E-state index < -0.39 is 0 Å². The number of piperidine rings is 1. The van der Waals surface area contributed by atoms with Gasteiger partial charge in [-0.3, -0.25) is 9.69 Å². The summed E-state index contributed by atoms with van der Waals surface area (Å²) in [6.07, 6.45) is 7.75. The SMILES string of the molecule is COc1ccc(NC(=O)CN2CCC[C@H]3CCCC[C@@H]32)c(OC)c1. The largest absolute Gasteiger partial charge is 0.497 e. The number of anilines is 1. The number of nitrogens with one attached hydrogen (secondary N) is 1. The molecule has 1 saturated carbocycles. The number of rotatable bonds is 5. The molecule has 1 aromatic carbocycles. The van der Waals surface area contributed by atoms with E-state index in [1.165, 1.54) is 38.5 Å². The summed E-state index contributed by atoms with van der Waals surface area (Å²) in [7, 11) is 3.21. The second kappa shape index (κ2) is 7.88. The van der Waals surface area contributed by atoms with Crippen LogP contribution in [0, 0.1) is 5.92 Å². The number of nitrogens with zero attached hydrogens (tertiary/aromatic N) is 1. The van der Waals surface area contributed by atoms with E-state index in [1.54, 1.807) is 20.3 Å². The lowest BCUT2D eigenvalue weighted by Crippen LogP contribution is -2.49. The number of benzene rings is 1. The minimum atomic E-state index is 0.0321. The first-order valence-electron chi connectivity index (χ1n) is 8.97. The van der Waals surface area contributed by atoms with Gasteiger partial charge in [0.2, 0.25) is 5.91 Å². The maximum absolute atomic E-state index is 12.5. The number of amides is 1. The average molecular weight is 332 g/mol. The minimum absolute atomic E-state index is 0.0321. The molecule has 2 atom stereocenters. The van der Waals surface area contributed by atoms with Crippen molar-refractivity contribution in [3.8, 4) is 11.5 Å². The molecule has 1 heterocycles. The molecule has 2 aliphatic rings. The molecule has 5 heteroatoms. The van der Waals surface area contributed by atoms with Crippen molar-refractivity contribution in [1.29, 1.82) is 0 Å². The lowest BCUT2D eigenvalue weighted by molar-refractivity contribution is -0.118. The van der Waals surface area contributed by atoms with Gasteiger partial charge in [0.1, 0.15) is 11.5 Å². The fraction of sp³-hybridized carbons (Fsp3) is 0.632. The van der Waals surface area contributed by atoms with Crippen LogP contribution in [0.1, 0.15) is 38.5 Å². The zero-order valence-electron chi connectivity index (χ0n) is 14.7. The van der Waals surface area contributed by atoms with Crippen LogP contribution in [0.4, 0.5) is 5.69 Å². The molecule has 1 aliphatic heterocycles. The van der Waals surface area contributed by atoms with Crippen LogP contribution in [0.3, 0.4) is 0 Å². The van der Waals surface area contributed by atoms with Crippen LogP contribution in [0.5, 0.6) is 11.5 Å². The van der Waals surface area contributed by atoms with Gasteiger partial charge in [0.25, 0.3) is 0 Å². The summed E-state index contributed by atoms with van der Waals surface area (Å²) < 4.78 is 10.6. The monoisotopic (exact) mass is 332 g/mol. The molecule has 132 valence electrons. The van der Waals surface area contributed by atoms with Crippen molar-refractivity contribution in [3.63, 3.8) is 0 Å². The number of ether oxygens (including phenoxy) is 2. The molecule has 1 saturated heterocycles. The molecule has 1 amide bonds. The Hall–Kier alpha value is -1.75. The highest BCUT2D eigenvalue weighted by atomic mass is 16.5. The van der Waals surface area contributed by atoms with E-state index in [0.717, 1.165) is 12.5 Å². The van der Waals surface area contributed by atoms with E-state index in [9.17, 15) is 4.79 Å². The van der Waals surface area contributed by atoms with E-state index in [0.29, 0.717) is 29.8 Å². The average Bonchev–Trinajstić information content (AvgIpc) is 2.62. The lowest BCUT2D eigenvalue weighted by atomic mass is 9.78. The molecule has 0 radical (unpaired) electrons. The van der Waals surface area contributed by atoms with Gasteiger partial charge in [-0.15, -0.1) is 0 Å². The molecule has 0 bridgehead atoms. The second-order valence-corrected chi connectivity index (χ2v) is 6.84. The highest BCUT2D eigenvalue weighted by Crippen LogP contribution is 2.35. The van der Waals surface area contributed by atoms with Gasteiger partial charge < -0.3 is 14.8 Å². The fourth-order valence-corrected chi connectivity index (χ4v) is 4.20. The van der Waals surface area contributed by atoms with Crippen LogP contribution < -0.4 is 14.8 Å². The van der Waals surface area contributed by atoms with E-state index >= 15 is 0 Å². The Morgan fingerprint density at radius 1 is 1.17 bits per heavy atom. The number of likely N-dealkylation sites (tertiary alicyclic amines) is 1. The smallest absolute Gasteiger partial charge is 0.238 e. The number of hydrogen-bond donors (Lipinski definition) is 1. The van der Waals surface area contributed by atoms with Crippen LogP contribution in [0.25, 0.3) is 0 Å². The number of hydrogen-bond acceptors (Lipinski definition) is 4. The first-order chi connectivity index (χ1) is 11.7. The molecule has 1 aromatic rings. The maximum Gasteiger partial charge on any atom is 0.238 e. The first-order valence-corrected chi connectivity index (χ1v) is 8.97. The van der Waals surface area contributed by atoms with Crippen LogP contribution in [0.2, 0.25) is 0 Å². The van der Waals surface area contributed by atoms with Crippen LogP contribution >= 0.6 is 0 Å². The van der Waals surface area contributed by atoms with Crippen molar-refractivity contribution in [2.45, 2.75) is 44.6 Å². The first kappa shape index (κ1) is 17.1. The molecule has 0 aromatic heterocycles. The van der Waals surface area contributed by atoms with Crippen molar-refractivity contribution in [2.24, 2.45) is 5.92 Å². The molecule has 0 spiro atoms. The van der Waals surface area contributed by atoms with Crippen LogP contribution in [-0.2, 0) is 4.79 Å². The molecule has 1 aliphatic carbocycles. The van der Waals surface area contributed by atoms with E-state index in [-0.39, 0.29) is 5.91 Å². The topological polar surface area (TPSA) is 50.8 Å². The van der Waals surface area contributed by atoms with Crippen molar-refractivity contribution in [3.05, 3.63) is 18.2 Å². The molecule has 0 unspecified atom stereocenters. The van der Waals surface area contributed by atoms with E-state index in [4.69, 9.17) is 9.47 Å². The van der Waals surface area contributed by atoms with Gasteiger partial charge in [0.15, 0.2) is 0 Å². The number of fused-ring (bicyclic) bond motifs is 1. The quantitative estimate of drug-likeness (QED) is 0.899. The molecule has 1 N–H and O–H groups in total. The standard InChI is InChI=1S/C19H28N2O3/c1-23-15-9-10-16(18(12-15)24-2)20-19(22)13-21-11-5-7-14-6-3-4-8-17(14)21/h9-10,12,14,17H,3-8,11,13H2,1-2H3,(H,20,22)/t14-,17+/m1/s1. The highest BCUT2D eigenvalue weighted by molar-refractivity contribution is 5.93. The summed E-state index contributed by atoms with van der Waals surface area (Å²) in [6.45, 7) is 1.50. The molecule has 5 nitrogen and oxygen atoms in total. The maximum atomic E-state index is 12.5. The number of carbonyl (C=O) groups excluding carboxylic acids is 1. The summed E-state index contributed by atoms with van der Waals surface area (Å²) in [4.78, 5) is 14.9. The normalized spacial score (nSPS) is 24.1. The number of carbonyl (C=O) groups is 1. The molecule has 24 heavy (non-hydrogen) atoms. The lowest BCUT2D eigenvalue weighted by Gasteiger charge is -2.43. The van der Waals surface area contributed by atoms with Gasteiger partial charge in [-0.25, -0.2) is 0 Å². The predicted octanol–water partition coefficient (Wildman–Crippen LogP) is 3.30. The minimum Gasteiger partial charge on any atom is -0.497 e. The Balaban J connectivity index is 1.63. The number of methoxy groups -OCH3 is 2. The Kier molecular flexibility index (Phi) is 5.61. The third-order valence-electron chi connectivity index (χ3n) is 5.39.